The molecule has 26 heavy (non-hydrogen) atoms. The number of hydrogen-bond donors (Lipinski definition) is 1. The summed E-state index contributed by atoms with van der Waals surface area (Å²) in [6.07, 6.45) is 5.08. The summed E-state index contributed by atoms with van der Waals surface area (Å²) in [6.45, 7) is 2.81. The van der Waals surface area contributed by atoms with Crippen molar-refractivity contribution in [3.05, 3.63) is 29.3 Å². The predicted molar refractivity (Wildman–Crippen MR) is 104 cm³/mol. The minimum absolute atomic E-state index is 0.103. The van der Waals surface area contributed by atoms with Crippen LogP contribution in [0.15, 0.2) is 29.4 Å². The summed E-state index contributed by atoms with van der Waals surface area (Å²) in [4.78, 5) is 12.4. The molecule has 2 aromatic rings. The van der Waals surface area contributed by atoms with Gasteiger partial charge in [-0.1, -0.05) is 29.8 Å². The van der Waals surface area contributed by atoms with Gasteiger partial charge in [0, 0.05) is 23.2 Å². The molecule has 2 aliphatic carbocycles. The van der Waals surface area contributed by atoms with Gasteiger partial charge in [0.1, 0.15) is 0 Å². The Morgan fingerprint density at radius 1 is 1.27 bits per heavy atom. The van der Waals surface area contributed by atoms with Gasteiger partial charge in [0.25, 0.3) is 0 Å². The number of benzene rings is 1. The second-order valence-corrected chi connectivity index (χ2v) is 8.57. The molecule has 4 rings (SSSR count). The molecule has 3 atom stereocenters. The van der Waals surface area contributed by atoms with Gasteiger partial charge in [-0.05, 0) is 62.3 Å². The Bertz CT molecular complexity index is 791. The first-order chi connectivity index (χ1) is 12.6. The second kappa shape index (κ2) is 7.61. The average molecular weight is 391 g/mol. The van der Waals surface area contributed by atoms with Gasteiger partial charge in [0.05, 0.1) is 5.75 Å². The minimum atomic E-state index is 0.103. The van der Waals surface area contributed by atoms with Crippen LogP contribution in [0.4, 0.5) is 0 Å². The van der Waals surface area contributed by atoms with Crippen LogP contribution in [0.25, 0.3) is 11.4 Å². The molecule has 0 aliphatic heterocycles. The van der Waals surface area contributed by atoms with Crippen molar-refractivity contribution in [2.24, 2.45) is 11.8 Å². The van der Waals surface area contributed by atoms with E-state index in [1.54, 1.807) is 0 Å². The SMILES string of the molecule is CCn1c(SCC(=O)N[C@H]2C[C@H]3CC[C@@H]2C3)nnc1-c1ccc(Cl)cc1. The van der Waals surface area contributed by atoms with Crippen molar-refractivity contribution in [1.82, 2.24) is 20.1 Å². The molecule has 2 bridgehead atoms. The Labute approximate surface area is 162 Å². The van der Waals surface area contributed by atoms with Gasteiger partial charge in [0.15, 0.2) is 11.0 Å². The predicted octanol–water partition coefficient (Wildman–Crippen LogP) is 4.02. The summed E-state index contributed by atoms with van der Waals surface area (Å²) in [7, 11) is 0. The maximum atomic E-state index is 12.4. The summed E-state index contributed by atoms with van der Waals surface area (Å²) in [6, 6.07) is 7.96. The minimum Gasteiger partial charge on any atom is -0.352 e. The molecule has 2 fully saturated rings. The summed E-state index contributed by atoms with van der Waals surface area (Å²) < 4.78 is 2.04. The number of hydrogen-bond acceptors (Lipinski definition) is 4. The number of halogens is 1. The quantitative estimate of drug-likeness (QED) is 0.757. The molecule has 7 heteroatoms. The largest absolute Gasteiger partial charge is 0.352 e. The molecular formula is C19H23ClN4OS. The zero-order valence-electron chi connectivity index (χ0n) is 14.8. The van der Waals surface area contributed by atoms with Gasteiger partial charge in [-0.15, -0.1) is 10.2 Å². The Morgan fingerprint density at radius 2 is 2.08 bits per heavy atom. The van der Waals surface area contributed by atoms with Crippen LogP contribution >= 0.6 is 23.4 Å². The lowest BCUT2D eigenvalue weighted by Crippen LogP contribution is -2.39. The lowest BCUT2D eigenvalue weighted by atomic mass is 9.95. The average Bonchev–Trinajstić information content (AvgIpc) is 3.35. The Morgan fingerprint density at radius 3 is 2.73 bits per heavy atom. The molecule has 0 unspecified atom stereocenters. The second-order valence-electron chi connectivity index (χ2n) is 7.19. The summed E-state index contributed by atoms with van der Waals surface area (Å²) >= 11 is 7.42. The first-order valence-electron chi connectivity index (χ1n) is 9.25. The molecule has 2 aliphatic rings. The van der Waals surface area contributed by atoms with Crippen LogP contribution in [-0.4, -0.2) is 32.5 Å². The molecule has 138 valence electrons. The number of amides is 1. The van der Waals surface area contributed by atoms with Gasteiger partial charge >= 0.3 is 0 Å². The van der Waals surface area contributed by atoms with Gasteiger partial charge in [-0.25, -0.2) is 0 Å². The van der Waals surface area contributed by atoms with Gasteiger partial charge < -0.3 is 9.88 Å². The smallest absolute Gasteiger partial charge is 0.230 e. The van der Waals surface area contributed by atoms with Crippen molar-refractivity contribution in [2.75, 3.05) is 5.75 Å². The summed E-state index contributed by atoms with van der Waals surface area (Å²) in [5, 5.41) is 13.3. The Hall–Kier alpha value is -1.53. The highest BCUT2D eigenvalue weighted by Gasteiger charge is 2.40. The van der Waals surface area contributed by atoms with Crippen LogP contribution < -0.4 is 5.32 Å². The van der Waals surface area contributed by atoms with Crippen LogP contribution in [-0.2, 0) is 11.3 Å². The van der Waals surface area contributed by atoms with E-state index in [0.717, 1.165) is 35.4 Å². The van der Waals surface area contributed by atoms with Crippen LogP contribution in [0.5, 0.6) is 0 Å². The van der Waals surface area contributed by atoms with Crippen LogP contribution in [0.1, 0.15) is 32.6 Å². The number of rotatable bonds is 6. The lowest BCUT2D eigenvalue weighted by Gasteiger charge is -2.22. The fourth-order valence-electron chi connectivity index (χ4n) is 4.29. The standard InChI is InChI=1S/C19H23ClN4OS/c1-2-24-18(13-5-7-15(20)8-6-13)22-23-19(24)26-11-17(25)21-16-10-12-3-4-14(16)9-12/h5-8,12,14,16H,2-4,9-11H2,1H3,(H,21,25)/t12-,14+,16-/m0/s1. The maximum Gasteiger partial charge on any atom is 0.230 e. The maximum absolute atomic E-state index is 12.4. The molecule has 2 saturated carbocycles. The van der Waals surface area contributed by atoms with E-state index in [9.17, 15) is 4.79 Å². The van der Waals surface area contributed by atoms with Crippen molar-refractivity contribution < 1.29 is 4.79 Å². The fourth-order valence-corrected chi connectivity index (χ4v) is 5.23. The van der Waals surface area contributed by atoms with E-state index in [0.29, 0.717) is 22.7 Å². The highest BCUT2D eigenvalue weighted by molar-refractivity contribution is 7.99. The zero-order chi connectivity index (χ0) is 18.1. The van der Waals surface area contributed by atoms with Crippen molar-refractivity contribution in [1.29, 1.82) is 0 Å². The molecule has 0 saturated heterocycles. The molecule has 5 nitrogen and oxygen atoms in total. The fraction of sp³-hybridized carbons (Fsp3) is 0.526. The number of fused-ring (bicyclic) bond motifs is 2. The Balaban J connectivity index is 1.39. The summed E-state index contributed by atoms with van der Waals surface area (Å²) in [5.74, 6) is 2.83. The molecule has 1 aromatic heterocycles. The number of nitrogens with zero attached hydrogens (tertiary/aromatic N) is 3. The number of thioether (sulfide) groups is 1. The number of carbonyl (C=O) groups excluding carboxylic acids is 1. The number of nitrogens with one attached hydrogen (secondary N) is 1. The van der Waals surface area contributed by atoms with Crippen molar-refractivity contribution in [3.63, 3.8) is 0 Å². The monoisotopic (exact) mass is 390 g/mol. The first-order valence-corrected chi connectivity index (χ1v) is 10.6. The summed E-state index contributed by atoms with van der Waals surface area (Å²) in [5.41, 5.74) is 0.974. The van der Waals surface area contributed by atoms with Crippen LogP contribution in [0.2, 0.25) is 5.02 Å². The normalized spacial score (nSPS) is 24.2. The Kier molecular flexibility index (Phi) is 5.23. The van der Waals surface area contributed by atoms with Crippen molar-refractivity contribution in [2.45, 2.75) is 50.4 Å². The third-order valence-electron chi connectivity index (χ3n) is 5.55. The van der Waals surface area contributed by atoms with E-state index in [4.69, 9.17) is 11.6 Å². The molecule has 0 radical (unpaired) electrons. The molecule has 1 aromatic carbocycles. The molecule has 0 spiro atoms. The van der Waals surface area contributed by atoms with Crippen LogP contribution in [0.3, 0.4) is 0 Å². The molecule has 1 amide bonds. The van der Waals surface area contributed by atoms with Crippen LogP contribution in [0, 0.1) is 11.8 Å². The molecule has 1 N–H and O–H groups in total. The highest BCUT2D eigenvalue weighted by atomic mass is 35.5. The van der Waals surface area contributed by atoms with Gasteiger partial charge in [-0.3, -0.25) is 4.79 Å². The van der Waals surface area contributed by atoms with E-state index in [2.05, 4.69) is 22.4 Å². The van der Waals surface area contributed by atoms with Crippen molar-refractivity contribution in [3.8, 4) is 11.4 Å². The first kappa shape index (κ1) is 17.9. The van der Waals surface area contributed by atoms with Crippen molar-refractivity contribution >= 4 is 29.3 Å². The number of aromatic nitrogens is 3. The molecule has 1 heterocycles. The van der Waals surface area contributed by atoms with E-state index < -0.39 is 0 Å². The third-order valence-corrected chi connectivity index (χ3v) is 6.77. The lowest BCUT2D eigenvalue weighted by molar-refractivity contribution is -0.119. The van der Waals surface area contributed by atoms with E-state index in [-0.39, 0.29) is 5.91 Å². The van der Waals surface area contributed by atoms with Gasteiger partial charge in [-0.2, -0.15) is 0 Å². The van der Waals surface area contributed by atoms with E-state index in [1.165, 1.54) is 31.0 Å². The molecular weight excluding hydrogens is 368 g/mol. The van der Waals surface area contributed by atoms with Gasteiger partial charge in [0.2, 0.25) is 5.91 Å². The number of carbonyl (C=O) groups is 1. The highest BCUT2D eigenvalue weighted by Crippen LogP contribution is 2.44. The third kappa shape index (κ3) is 3.62. The van der Waals surface area contributed by atoms with E-state index >= 15 is 0 Å². The zero-order valence-corrected chi connectivity index (χ0v) is 16.4. The van der Waals surface area contributed by atoms with E-state index in [1.807, 2.05) is 28.8 Å². The topological polar surface area (TPSA) is 59.8 Å².